The van der Waals surface area contributed by atoms with Crippen molar-refractivity contribution in [2.24, 2.45) is 16.6 Å². The maximum Gasteiger partial charge on any atom is 0.253 e. The first-order valence-electron chi connectivity index (χ1n) is 10.9. The zero-order chi connectivity index (χ0) is 21.3. The van der Waals surface area contributed by atoms with Crippen molar-refractivity contribution in [2.75, 3.05) is 31.6 Å². The number of benzene rings is 1. The highest BCUT2D eigenvalue weighted by Gasteiger charge is 2.24. The molecule has 0 bridgehead atoms. The van der Waals surface area contributed by atoms with Gasteiger partial charge in [0.15, 0.2) is 5.96 Å². The lowest BCUT2D eigenvalue weighted by Crippen LogP contribution is -2.47. The van der Waals surface area contributed by atoms with Crippen molar-refractivity contribution in [3.8, 4) is 0 Å². The first-order chi connectivity index (χ1) is 14.5. The highest BCUT2D eigenvalue weighted by molar-refractivity contribution is 5.94. The highest BCUT2D eigenvalue weighted by atomic mass is 16.5. The molecule has 2 amide bonds. The van der Waals surface area contributed by atoms with E-state index in [1.165, 1.54) is 0 Å². The van der Waals surface area contributed by atoms with Gasteiger partial charge in [-0.15, -0.1) is 0 Å². The first-order valence-corrected chi connectivity index (χ1v) is 10.9. The largest absolute Gasteiger partial charge is 0.370 e. The standard InChI is InChI=1S/C22H33N5O3/c1-2-24-22(27-10-4-7-17(15-27)13-20(23)28)25-14-16-6-3-8-18(12-16)26-21(29)19-9-5-11-30-19/h3,6,8,12,17,19H,2,4-5,7,9-11,13-15H2,1H3,(H2,23,28)(H,24,25)(H,26,29). The molecule has 30 heavy (non-hydrogen) atoms. The van der Waals surface area contributed by atoms with E-state index in [0.29, 0.717) is 19.6 Å². The fraction of sp³-hybridized carbons (Fsp3) is 0.591. The van der Waals surface area contributed by atoms with Crippen LogP contribution in [0.1, 0.15) is 44.6 Å². The van der Waals surface area contributed by atoms with Gasteiger partial charge in [-0.05, 0) is 56.2 Å². The number of ether oxygens (including phenoxy) is 1. The number of guanidine groups is 1. The number of anilines is 1. The highest BCUT2D eigenvalue weighted by Crippen LogP contribution is 2.20. The molecule has 0 aliphatic carbocycles. The van der Waals surface area contributed by atoms with Crippen LogP contribution in [0.15, 0.2) is 29.3 Å². The lowest BCUT2D eigenvalue weighted by molar-refractivity contribution is -0.124. The van der Waals surface area contributed by atoms with Crippen LogP contribution in [0.25, 0.3) is 0 Å². The number of nitrogens with two attached hydrogens (primary N) is 1. The molecule has 2 heterocycles. The summed E-state index contributed by atoms with van der Waals surface area (Å²) in [6.45, 7) is 5.67. The minimum Gasteiger partial charge on any atom is -0.370 e. The van der Waals surface area contributed by atoms with Crippen LogP contribution in [0.3, 0.4) is 0 Å². The third-order valence-electron chi connectivity index (χ3n) is 5.47. The number of rotatable bonds is 7. The second kappa shape index (κ2) is 11.0. The molecule has 2 unspecified atom stereocenters. The second-order valence-corrected chi connectivity index (χ2v) is 7.99. The number of primary amides is 1. The summed E-state index contributed by atoms with van der Waals surface area (Å²) >= 11 is 0. The van der Waals surface area contributed by atoms with Gasteiger partial charge in [-0.2, -0.15) is 0 Å². The smallest absolute Gasteiger partial charge is 0.253 e. The van der Waals surface area contributed by atoms with E-state index in [-0.39, 0.29) is 23.8 Å². The SMILES string of the molecule is CCNC(=NCc1cccc(NC(=O)C2CCCO2)c1)N1CCCC(CC(N)=O)C1. The van der Waals surface area contributed by atoms with Crippen LogP contribution in [0, 0.1) is 5.92 Å². The molecule has 1 aromatic rings. The van der Waals surface area contributed by atoms with Gasteiger partial charge in [-0.25, -0.2) is 4.99 Å². The van der Waals surface area contributed by atoms with E-state index in [1.807, 2.05) is 31.2 Å². The fourth-order valence-electron chi connectivity index (χ4n) is 4.06. The predicted octanol–water partition coefficient (Wildman–Crippen LogP) is 1.86. The van der Waals surface area contributed by atoms with E-state index >= 15 is 0 Å². The summed E-state index contributed by atoms with van der Waals surface area (Å²) in [6.07, 6.45) is 3.81. The van der Waals surface area contributed by atoms with E-state index < -0.39 is 0 Å². The number of carbonyl (C=O) groups excluding carboxylic acids is 2. The molecule has 2 aliphatic rings. The maximum atomic E-state index is 12.3. The topological polar surface area (TPSA) is 109 Å². The molecule has 8 heteroatoms. The Labute approximate surface area is 178 Å². The molecule has 0 radical (unpaired) electrons. The molecule has 0 aromatic heterocycles. The Kier molecular flexibility index (Phi) is 8.07. The number of aliphatic imine (C=N–C) groups is 1. The van der Waals surface area contributed by atoms with Gasteiger partial charge in [0.2, 0.25) is 5.91 Å². The number of amides is 2. The molecular weight excluding hydrogens is 382 g/mol. The van der Waals surface area contributed by atoms with Gasteiger partial charge < -0.3 is 26.0 Å². The summed E-state index contributed by atoms with van der Waals surface area (Å²) in [6, 6.07) is 7.75. The van der Waals surface area contributed by atoms with E-state index in [2.05, 4.69) is 15.5 Å². The monoisotopic (exact) mass is 415 g/mol. The number of hydrogen-bond acceptors (Lipinski definition) is 4. The third-order valence-corrected chi connectivity index (χ3v) is 5.47. The number of nitrogens with zero attached hydrogens (tertiary/aromatic N) is 2. The summed E-state index contributed by atoms with van der Waals surface area (Å²) in [4.78, 5) is 30.6. The van der Waals surface area contributed by atoms with Crippen LogP contribution >= 0.6 is 0 Å². The maximum absolute atomic E-state index is 12.3. The van der Waals surface area contributed by atoms with Crippen molar-refractivity contribution in [2.45, 2.75) is 51.7 Å². The van der Waals surface area contributed by atoms with Gasteiger partial charge >= 0.3 is 0 Å². The van der Waals surface area contributed by atoms with Crippen LogP contribution in [-0.4, -0.2) is 55.0 Å². The average molecular weight is 416 g/mol. The van der Waals surface area contributed by atoms with Crippen LogP contribution in [-0.2, 0) is 20.9 Å². The Morgan fingerprint density at radius 2 is 2.17 bits per heavy atom. The number of piperidine rings is 1. The van der Waals surface area contributed by atoms with Crippen LogP contribution in [0.2, 0.25) is 0 Å². The Bertz CT molecular complexity index is 761. The molecule has 2 atom stereocenters. The number of nitrogens with one attached hydrogen (secondary N) is 2. The second-order valence-electron chi connectivity index (χ2n) is 7.99. The fourth-order valence-corrected chi connectivity index (χ4v) is 4.06. The molecule has 4 N–H and O–H groups in total. The van der Waals surface area contributed by atoms with Crippen molar-refractivity contribution >= 4 is 23.5 Å². The van der Waals surface area contributed by atoms with Crippen molar-refractivity contribution in [3.63, 3.8) is 0 Å². The zero-order valence-electron chi connectivity index (χ0n) is 17.7. The summed E-state index contributed by atoms with van der Waals surface area (Å²) in [5, 5.41) is 6.30. The number of likely N-dealkylation sites (tertiary alicyclic amines) is 1. The normalized spacial score (nSPS) is 22.0. The first kappa shape index (κ1) is 22.1. The third kappa shape index (κ3) is 6.45. The van der Waals surface area contributed by atoms with E-state index in [4.69, 9.17) is 15.5 Å². The zero-order valence-corrected chi connectivity index (χ0v) is 17.7. The van der Waals surface area contributed by atoms with Gasteiger partial charge in [0.1, 0.15) is 6.10 Å². The Balaban J connectivity index is 1.62. The molecule has 2 saturated heterocycles. The molecule has 2 fully saturated rings. The van der Waals surface area contributed by atoms with E-state index in [9.17, 15) is 9.59 Å². The van der Waals surface area contributed by atoms with Crippen LogP contribution < -0.4 is 16.4 Å². The van der Waals surface area contributed by atoms with E-state index in [0.717, 1.165) is 62.5 Å². The number of carbonyl (C=O) groups is 2. The molecule has 0 spiro atoms. The molecule has 3 rings (SSSR count). The lowest BCUT2D eigenvalue weighted by atomic mass is 9.95. The Morgan fingerprint density at radius 3 is 2.90 bits per heavy atom. The predicted molar refractivity (Wildman–Crippen MR) is 117 cm³/mol. The molecule has 1 aromatic carbocycles. The minimum absolute atomic E-state index is 0.0877. The molecule has 0 saturated carbocycles. The Morgan fingerprint density at radius 1 is 1.30 bits per heavy atom. The molecule has 2 aliphatic heterocycles. The minimum atomic E-state index is -0.348. The lowest BCUT2D eigenvalue weighted by Gasteiger charge is -2.34. The molecule has 8 nitrogen and oxygen atoms in total. The van der Waals surface area contributed by atoms with Crippen LogP contribution in [0.5, 0.6) is 0 Å². The van der Waals surface area contributed by atoms with Crippen molar-refractivity contribution < 1.29 is 14.3 Å². The summed E-state index contributed by atoms with van der Waals surface area (Å²) < 4.78 is 5.45. The molecular formula is C22H33N5O3. The van der Waals surface area contributed by atoms with E-state index in [1.54, 1.807) is 0 Å². The summed E-state index contributed by atoms with van der Waals surface area (Å²) in [5.41, 5.74) is 7.16. The van der Waals surface area contributed by atoms with Gasteiger partial charge in [0.05, 0.1) is 6.54 Å². The van der Waals surface area contributed by atoms with Gasteiger partial charge in [0.25, 0.3) is 5.91 Å². The number of hydrogen-bond donors (Lipinski definition) is 3. The van der Waals surface area contributed by atoms with Crippen molar-refractivity contribution in [1.29, 1.82) is 0 Å². The molecule has 164 valence electrons. The quantitative estimate of drug-likeness (QED) is 0.465. The summed E-state index contributed by atoms with van der Waals surface area (Å²) in [7, 11) is 0. The Hall–Kier alpha value is -2.61. The van der Waals surface area contributed by atoms with Crippen LogP contribution in [0.4, 0.5) is 5.69 Å². The summed E-state index contributed by atoms with van der Waals surface area (Å²) in [5.74, 6) is 0.790. The van der Waals surface area contributed by atoms with Gasteiger partial charge in [-0.1, -0.05) is 12.1 Å². The van der Waals surface area contributed by atoms with Gasteiger partial charge in [0, 0.05) is 38.3 Å². The van der Waals surface area contributed by atoms with Crippen molar-refractivity contribution in [1.82, 2.24) is 10.2 Å². The van der Waals surface area contributed by atoms with Crippen molar-refractivity contribution in [3.05, 3.63) is 29.8 Å². The average Bonchev–Trinajstić information content (AvgIpc) is 3.26. The van der Waals surface area contributed by atoms with Gasteiger partial charge in [-0.3, -0.25) is 9.59 Å².